The van der Waals surface area contributed by atoms with Gasteiger partial charge in [0.25, 0.3) is 5.97 Å². The van der Waals surface area contributed by atoms with Gasteiger partial charge in [0.05, 0.1) is 0 Å². The van der Waals surface area contributed by atoms with Crippen molar-refractivity contribution in [1.82, 2.24) is 0 Å². The number of hydrogen-bond acceptors (Lipinski definition) is 3. The van der Waals surface area contributed by atoms with Crippen LogP contribution in [0.4, 0.5) is 8.78 Å². The van der Waals surface area contributed by atoms with Crippen LogP contribution in [-0.2, 0) is 4.79 Å². The van der Waals surface area contributed by atoms with Crippen LogP contribution in [0, 0.1) is 11.6 Å². The largest absolute Gasteiger partial charge is 0.507 e. The van der Waals surface area contributed by atoms with Gasteiger partial charge in [0.1, 0.15) is 22.9 Å². The number of carbonyl (C=O) groups is 2. The molecule has 0 atom stereocenters. The monoisotopic (exact) mass is 310 g/mol. The lowest BCUT2D eigenvalue weighted by atomic mass is 10.0. The van der Waals surface area contributed by atoms with Crippen molar-refractivity contribution < 1.29 is 33.7 Å². The van der Waals surface area contributed by atoms with E-state index in [1.165, 1.54) is 12.1 Å². The van der Waals surface area contributed by atoms with Crippen LogP contribution in [0.15, 0.2) is 36.4 Å². The van der Waals surface area contributed by atoms with Crippen molar-refractivity contribution in [3.8, 4) is 16.9 Å². The number of aromatic hydroxyl groups is 1. The van der Waals surface area contributed by atoms with E-state index in [0.29, 0.717) is 6.07 Å². The Morgan fingerprint density at radius 1 is 1.00 bits per heavy atom. The second kappa shape index (κ2) is 7.16. The maximum absolute atomic E-state index is 13.5. The summed E-state index contributed by atoms with van der Waals surface area (Å²) in [5.41, 5.74) is -0.0159. The number of benzene rings is 2. The molecule has 0 saturated heterocycles. The van der Waals surface area contributed by atoms with Crippen molar-refractivity contribution in [2.24, 2.45) is 0 Å². The van der Waals surface area contributed by atoms with Crippen molar-refractivity contribution in [2.45, 2.75) is 6.92 Å². The standard InChI is InChI=1S/C13H8F2O3.C2H4O2/c14-8-2-3-9(11(15)6-8)7-1-4-12(16)10(5-7)13(17)18;1-2(3)4/h1-6,16H,(H,17,18);1H3,(H,3,4). The molecule has 2 aromatic carbocycles. The Bertz CT molecular complexity index is 709. The first-order valence-corrected chi connectivity index (χ1v) is 5.93. The second-order valence-corrected chi connectivity index (χ2v) is 4.18. The SMILES string of the molecule is CC(=O)O.O=C(O)c1cc(-c2ccc(F)cc2F)ccc1O. The summed E-state index contributed by atoms with van der Waals surface area (Å²) in [6, 6.07) is 6.64. The van der Waals surface area contributed by atoms with Gasteiger partial charge in [-0.3, -0.25) is 4.79 Å². The molecule has 3 N–H and O–H groups in total. The Morgan fingerprint density at radius 3 is 2.09 bits per heavy atom. The number of aromatic carboxylic acids is 1. The Labute approximate surface area is 124 Å². The maximum Gasteiger partial charge on any atom is 0.339 e. The van der Waals surface area contributed by atoms with Gasteiger partial charge < -0.3 is 15.3 Å². The Hall–Kier alpha value is -2.96. The minimum Gasteiger partial charge on any atom is -0.507 e. The molecule has 0 aromatic heterocycles. The maximum atomic E-state index is 13.5. The molecule has 7 heteroatoms. The molecule has 5 nitrogen and oxygen atoms in total. The molecule has 0 unspecified atom stereocenters. The van der Waals surface area contributed by atoms with Gasteiger partial charge in [0.15, 0.2) is 0 Å². The Kier molecular flexibility index (Phi) is 5.57. The zero-order valence-corrected chi connectivity index (χ0v) is 11.4. The van der Waals surface area contributed by atoms with E-state index in [4.69, 9.17) is 15.0 Å². The number of carboxylic acids is 2. The first-order chi connectivity index (χ1) is 10.2. The summed E-state index contributed by atoms with van der Waals surface area (Å²) in [6.45, 7) is 1.08. The van der Waals surface area contributed by atoms with Crippen molar-refractivity contribution in [3.05, 3.63) is 53.6 Å². The number of aliphatic carboxylic acids is 1. The number of phenols is 1. The summed E-state index contributed by atoms with van der Waals surface area (Å²) in [7, 11) is 0. The molecule has 22 heavy (non-hydrogen) atoms. The smallest absolute Gasteiger partial charge is 0.339 e. The fraction of sp³-hybridized carbons (Fsp3) is 0.0667. The van der Waals surface area contributed by atoms with Crippen molar-refractivity contribution >= 4 is 11.9 Å². The lowest BCUT2D eigenvalue weighted by molar-refractivity contribution is -0.134. The quantitative estimate of drug-likeness (QED) is 0.792. The normalized spacial score (nSPS) is 9.59. The van der Waals surface area contributed by atoms with Gasteiger partial charge in [-0.1, -0.05) is 6.07 Å². The molecule has 0 saturated carbocycles. The molecule has 2 aromatic rings. The van der Waals surface area contributed by atoms with Crippen molar-refractivity contribution in [3.63, 3.8) is 0 Å². The molecule has 0 spiro atoms. The molecule has 0 heterocycles. The first kappa shape index (κ1) is 17.1. The Morgan fingerprint density at radius 2 is 1.59 bits per heavy atom. The van der Waals surface area contributed by atoms with Crippen LogP contribution < -0.4 is 0 Å². The van der Waals surface area contributed by atoms with Gasteiger partial charge in [-0.15, -0.1) is 0 Å². The predicted octanol–water partition coefficient (Wildman–Crippen LogP) is 3.13. The minimum absolute atomic E-state index is 0.0684. The van der Waals surface area contributed by atoms with E-state index in [0.717, 1.165) is 25.1 Å². The molecule has 0 fully saturated rings. The molecular weight excluding hydrogens is 298 g/mol. The highest BCUT2D eigenvalue weighted by Crippen LogP contribution is 2.28. The van der Waals surface area contributed by atoms with E-state index in [-0.39, 0.29) is 16.7 Å². The summed E-state index contributed by atoms with van der Waals surface area (Å²) >= 11 is 0. The van der Waals surface area contributed by atoms with E-state index in [9.17, 15) is 18.7 Å². The Balaban J connectivity index is 0.000000541. The van der Waals surface area contributed by atoms with E-state index in [1.54, 1.807) is 0 Å². The summed E-state index contributed by atoms with van der Waals surface area (Å²) in [5.74, 6) is -4.07. The van der Waals surface area contributed by atoms with Crippen LogP contribution in [-0.4, -0.2) is 27.3 Å². The summed E-state index contributed by atoms with van der Waals surface area (Å²) in [6.07, 6.45) is 0. The topological polar surface area (TPSA) is 94.8 Å². The zero-order valence-electron chi connectivity index (χ0n) is 11.4. The summed E-state index contributed by atoms with van der Waals surface area (Å²) in [4.78, 5) is 19.8. The van der Waals surface area contributed by atoms with Crippen LogP contribution in [0.25, 0.3) is 11.1 Å². The molecule has 0 amide bonds. The van der Waals surface area contributed by atoms with Crippen LogP contribution in [0.1, 0.15) is 17.3 Å². The molecule has 2 rings (SSSR count). The molecule has 0 aliphatic carbocycles. The number of halogens is 2. The van der Waals surface area contributed by atoms with Crippen molar-refractivity contribution in [1.29, 1.82) is 0 Å². The average Bonchev–Trinajstić information content (AvgIpc) is 2.39. The molecule has 116 valence electrons. The van der Waals surface area contributed by atoms with E-state index >= 15 is 0 Å². The van der Waals surface area contributed by atoms with E-state index in [2.05, 4.69) is 0 Å². The van der Waals surface area contributed by atoms with Crippen LogP contribution in [0.3, 0.4) is 0 Å². The fourth-order valence-corrected chi connectivity index (χ4v) is 1.60. The molecule has 0 aliphatic heterocycles. The van der Waals surface area contributed by atoms with Crippen molar-refractivity contribution in [2.75, 3.05) is 0 Å². The highest BCUT2D eigenvalue weighted by Gasteiger charge is 2.13. The van der Waals surface area contributed by atoms with Gasteiger partial charge in [0.2, 0.25) is 0 Å². The zero-order chi connectivity index (χ0) is 16.9. The highest BCUT2D eigenvalue weighted by atomic mass is 19.1. The predicted molar refractivity (Wildman–Crippen MR) is 73.7 cm³/mol. The number of carboxylic acid groups (broad SMARTS) is 2. The van der Waals surface area contributed by atoms with Gasteiger partial charge in [-0.25, -0.2) is 13.6 Å². The van der Waals surface area contributed by atoms with Crippen LogP contribution >= 0.6 is 0 Å². The van der Waals surface area contributed by atoms with E-state index < -0.39 is 29.3 Å². The second-order valence-electron chi connectivity index (χ2n) is 4.18. The molecule has 0 aliphatic rings. The molecule has 0 bridgehead atoms. The number of hydrogen-bond donors (Lipinski definition) is 3. The number of rotatable bonds is 2. The van der Waals surface area contributed by atoms with Gasteiger partial charge in [0, 0.05) is 18.6 Å². The first-order valence-electron chi connectivity index (χ1n) is 5.93. The molecular formula is C15H12F2O5. The van der Waals surface area contributed by atoms with Crippen LogP contribution in [0.5, 0.6) is 5.75 Å². The minimum atomic E-state index is -1.32. The lowest BCUT2D eigenvalue weighted by Gasteiger charge is -2.06. The molecule has 0 radical (unpaired) electrons. The van der Waals surface area contributed by atoms with E-state index in [1.807, 2.05) is 0 Å². The fourth-order valence-electron chi connectivity index (χ4n) is 1.60. The van der Waals surface area contributed by atoms with Crippen LogP contribution in [0.2, 0.25) is 0 Å². The highest BCUT2D eigenvalue weighted by molar-refractivity contribution is 5.92. The average molecular weight is 310 g/mol. The third-order valence-electron chi connectivity index (χ3n) is 2.47. The van der Waals surface area contributed by atoms with Gasteiger partial charge >= 0.3 is 5.97 Å². The summed E-state index contributed by atoms with van der Waals surface area (Å²) in [5, 5.41) is 25.6. The summed E-state index contributed by atoms with van der Waals surface area (Å²) < 4.78 is 26.3. The third kappa shape index (κ3) is 4.55. The third-order valence-corrected chi connectivity index (χ3v) is 2.47. The lowest BCUT2D eigenvalue weighted by Crippen LogP contribution is -1.97. The van der Waals surface area contributed by atoms with Gasteiger partial charge in [-0.2, -0.15) is 0 Å². The van der Waals surface area contributed by atoms with Gasteiger partial charge in [-0.05, 0) is 29.8 Å².